The zero-order valence-corrected chi connectivity index (χ0v) is 29.5. The molecular formula is C34H43N5O8S2. The molecule has 4 amide bonds. The highest BCUT2D eigenvalue weighted by Crippen LogP contribution is 2.46. The molecule has 6 rings (SSSR count). The van der Waals surface area contributed by atoms with E-state index in [1.54, 1.807) is 27.0 Å². The molecule has 1 aromatic carbocycles. The van der Waals surface area contributed by atoms with Crippen LogP contribution in [0.15, 0.2) is 48.7 Å². The summed E-state index contributed by atoms with van der Waals surface area (Å²) in [6.45, 7) is 5.19. The average molecular weight is 714 g/mol. The molecule has 3 fully saturated rings. The molecule has 2 aliphatic carbocycles. The van der Waals surface area contributed by atoms with Gasteiger partial charge in [-0.1, -0.05) is 30.4 Å². The van der Waals surface area contributed by atoms with Crippen molar-refractivity contribution in [1.82, 2.24) is 25.2 Å². The molecule has 0 spiro atoms. The number of amides is 4. The third kappa shape index (κ3) is 8.14. The summed E-state index contributed by atoms with van der Waals surface area (Å²) in [6, 6.07) is 7.33. The molecule has 5 atom stereocenters. The lowest BCUT2D eigenvalue weighted by Crippen LogP contribution is -2.58. The van der Waals surface area contributed by atoms with Crippen molar-refractivity contribution < 1.29 is 37.1 Å². The lowest BCUT2D eigenvalue weighted by molar-refractivity contribution is -0.140. The van der Waals surface area contributed by atoms with E-state index in [9.17, 15) is 27.6 Å². The van der Waals surface area contributed by atoms with E-state index in [1.165, 1.54) is 16.7 Å². The van der Waals surface area contributed by atoms with E-state index >= 15 is 0 Å². The van der Waals surface area contributed by atoms with Crippen molar-refractivity contribution in [3.63, 3.8) is 0 Å². The van der Waals surface area contributed by atoms with Gasteiger partial charge in [-0.15, -0.1) is 0 Å². The van der Waals surface area contributed by atoms with Crippen molar-refractivity contribution in [1.29, 1.82) is 0 Å². The van der Waals surface area contributed by atoms with Gasteiger partial charge in [0.1, 0.15) is 29.3 Å². The van der Waals surface area contributed by atoms with E-state index in [4.69, 9.17) is 9.47 Å². The molecule has 2 aliphatic heterocycles. The summed E-state index contributed by atoms with van der Waals surface area (Å²) >= 11 is 1.50. The predicted octanol–water partition coefficient (Wildman–Crippen LogP) is 3.04. The Balaban J connectivity index is 1.30. The van der Waals surface area contributed by atoms with Crippen LogP contribution in [0.2, 0.25) is 0 Å². The molecule has 15 heteroatoms. The van der Waals surface area contributed by atoms with Crippen molar-refractivity contribution in [2.75, 3.05) is 18.1 Å². The highest BCUT2D eigenvalue weighted by atomic mass is 32.2. The van der Waals surface area contributed by atoms with E-state index in [-0.39, 0.29) is 25.1 Å². The third-order valence-electron chi connectivity index (χ3n) is 9.03. The predicted molar refractivity (Wildman–Crippen MR) is 184 cm³/mol. The first-order chi connectivity index (χ1) is 23.3. The second-order valence-corrected chi connectivity index (χ2v) is 17.2. The van der Waals surface area contributed by atoms with Gasteiger partial charge < -0.3 is 25.0 Å². The summed E-state index contributed by atoms with van der Waals surface area (Å²) in [4.78, 5) is 60.8. The molecule has 264 valence electrons. The summed E-state index contributed by atoms with van der Waals surface area (Å²) < 4.78 is 39.5. The zero-order valence-electron chi connectivity index (χ0n) is 27.8. The van der Waals surface area contributed by atoms with Crippen LogP contribution in [-0.2, 0) is 29.1 Å². The molecule has 1 saturated heterocycles. The lowest BCUT2D eigenvalue weighted by atomic mass is 10.1. The Morgan fingerprint density at radius 1 is 1.14 bits per heavy atom. The van der Waals surface area contributed by atoms with Crippen LogP contribution in [0.3, 0.4) is 0 Å². The fourth-order valence-electron chi connectivity index (χ4n) is 6.28. The van der Waals surface area contributed by atoms with Crippen LogP contribution < -0.4 is 20.1 Å². The van der Waals surface area contributed by atoms with Crippen LogP contribution in [0.25, 0.3) is 10.8 Å². The van der Waals surface area contributed by atoms with E-state index in [1.807, 2.05) is 42.5 Å². The van der Waals surface area contributed by atoms with E-state index in [0.717, 1.165) is 17.2 Å². The number of rotatable bonds is 6. The number of thioether (sulfide) groups is 1. The largest absolute Gasteiger partial charge is 0.472 e. The summed E-state index contributed by atoms with van der Waals surface area (Å²) in [6.07, 6.45) is 6.72. The van der Waals surface area contributed by atoms with Gasteiger partial charge in [-0.3, -0.25) is 19.1 Å². The highest BCUT2D eigenvalue weighted by molar-refractivity contribution is 7.99. The lowest BCUT2D eigenvalue weighted by Gasteiger charge is -2.30. The van der Waals surface area contributed by atoms with Gasteiger partial charge in [0.05, 0.1) is 11.8 Å². The topological polar surface area (TPSA) is 173 Å². The second-order valence-electron chi connectivity index (χ2n) is 14.1. The number of hydrogen-bond donors (Lipinski definition) is 3. The minimum absolute atomic E-state index is 0.0115. The monoisotopic (exact) mass is 713 g/mol. The summed E-state index contributed by atoms with van der Waals surface area (Å²) in [5, 5.41) is 6.64. The van der Waals surface area contributed by atoms with Gasteiger partial charge in [0, 0.05) is 29.7 Å². The minimum atomic E-state index is -3.87. The van der Waals surface area contributed by atoms with Gasteiger partial charge in [-0.05, 0) is 76.1 Å². The fraction of sp³-hybridized carbons (Fsp3) is 0.559. The second kappa shape index (κ2) is 13.8. The zero-order chi connectivity index (χ0) is 35.0. The third-order valence-corrected chi connectivity index (χ3v) is 12.0. The number of carbonyl (C=O) groups excluding carboxylic acids is 4. The van der Waals surface area contributed by atoms with Crippen LogP contribution in [-0.4, -0.2) is 94.7 Å². The minimum Gasteiger partial charge on any atom is -0.472 e. The normalized spacial score (nSPS) is 27.9. The first kappa shape index (κ1) is 35.0. The fourth-order valence-corrected chi connectivity index (χ4v) is 8.64. The van der Waals surface area contributed by atoms with Crippen LogP contribution in [0.5, 0.6) is 5.88 Å². The van der Waals surface area contributed by atoms with Crippen LogP contribution in [0, 0.1) is 5.92 Å². The molecule has 1 unspecified atom stereocenters. The first-order valence-corrected chi connectivity index (χ1v) is 19.4. The molecule has 2 saturated carbocycles. The van der Waals surface area contributed by atoms with Crippen molar-refractivity contribution in [2.24, 2.45) is 5.92 Å². The molecule has 0 radical (unpaired) electrons. The Hall–Kier alpha value is -3.85. The number of sulfonamides is 1. The Bertz CT molecular complexity index is 1750. The van der Waals surface area contributed by atoms with E-state index in [2.05, 4.69) is 20.3 Å². The quantitative estimate of drug-likeness (QED) is 0.378. The maximum atomic E-state index is 14.3. The number of aromatic nitrogens is 1. The number of pyridine rings is 1. The van der Waals surface area contributed by atoms with E-state index < -0.39 is 74.3 Å². The van der Waals surface area contributed by atoms with Gasteiger partial charge in [0.2, 0.25) is 27.7 Å². The molecule has 2 aromatic rings. The number of allylic oxidation sites excluding steroid dienone is 1. The highest BCUT2D eigenvalue weighted by Gasteiger charge is 2.62. The van der Waals surface area contributed by atoms with Gasteiger partial charge in [0.15, 0.2) is 0 Å². The number of ether oxygens (including phenoxy) is 2. The molecule has 3 N–H and O–H groups in total. The number of hydrogen-bond acceptors (Lipinski definition) is 10. The van der Waals surface area contributed by atoms with Gasteiger partial charge in [0.25, 0.3) is 5.91 Å². The van der Waals surface area contributed by atoms with Crippen molar-refractivity contribution in [2.45, 2.75) is 93.9 Å². The van der Waals surface area contributed by atoms with Crippen LogP contribution in [0.1, 0.15) is 59.3 Å². The molecule has 3 heterocycles. The van der Waals surface area contributed by atoms with Gasteiger partial charge >= 0.3 is 6.09 Å². The van der Waals surface area contributed by atoms with Crippen molar-refractivity contribution in [3.05, 3.63) is 48.7 Å². The molecule has 49 heavy (non-hydrogen) atoms. The number of nitrogens with one attached hydrogen (secondary N) is 3. The van der Waals surface area contributed by atoms with Gasteiger partial charge in [-0.25, -0.2) is 18.2 Å². The number of nitrogens with zero attached hydrogens (tertiary/aromatic N) is 2. The Morgan fingerprint density at radius 2 is 1.92 bits per heavy atom. The first-order valence-electron chi connectivity index (χ1n) is 16.7. The maximum Gasteiger partial charge on any atom is 0.408 e. The summed E-state index contributed by atoms with van der Waals surface area (Å²) in [7, 11) is -3.87. The van der Waals surface area contributed by atoms with E-state index in [0.29, 0.717) is 30.9 Å². The summed E-state index contributed by atoms with van der Waals surface area (Å²) in [5.41, 5.74) is -2.28. The molecule has 4 aliphatic rings. The smallest absolute Gasteiger partial charge is 0.408 e. The Labute approximate surface area is 290 Å². The Kier molecular flexibility index (Phi) is 9.86. The average Bonchev–Trinajstić information content (AvgIpc) is 3.96. The van der Waals surface area contributed by atoms with Crippen LogP contribution >= 0.6 is 11.8 Å². The number of alkyl carbamates (subject to hydrolysis) is 1. The maximum absolute atomic E-state index is 14.3. The SMILES string of the molecule is CC(C)(C)OC(=O)N[C@H]1CSCCCC=C[C@@H]2C[C@@]2(C(=O)NS(=O)(=O)C2CC2)NC(=O)[C@@H]2CC(Oc3nccc4ccccc34)CN2C1=O. The molecule has 0 bridgehead atoms. The number of fused-ring (bicyclic) bond motifs is 3. The molecular weight excluding hydrogens is 671 g/mol. The number of benzene rings is 1. The molecule has 1 aromatic heterocycles. The summed E-state index contributed by atoms with van der Waals surface area (Å²) in [5.74, 6) is -1.01. The van der Waals surface area contributed by atoms with Crippen LogP contribution in [0.4, 0.5) is 4.79 Å². The molecule has 13 nitrogen and oxygen atoms in total. The van der Waals surface area contributed by atoms with Crippen molar-refractivity contribution in [3.8, 4) is 5.88 Å². The number of carbonyl (C=O) groups is 4. The van der Waals surface area contributed by atoms with Crippen molar-refractivity contribution >= 4 is 56.4 Å². The Morgan fingerprint density at radius 3 is 2.67 bits per heavy atom. The van der Waals surface area contributed by atoms with Gasteiger partial charge in [-0.2, -0.15) is 11.8 Å². The standard InChI is InChI=1S/C34H43N5O8S2/c1-33(2,3)47-32(43)36-26-20-48-16-8-4-5-10-22-18-34(22,31(42)38-49(44,45)24-12-13-24)37-28(40)27-17-23(19-39(27)30(26)41)46-29-25-11-7-6-9-21(25)14-15-35-29/h5-7,9-11,14-15,22-24,26-27H,4,8,12-13,16-20H2,1-3H3,(H,36,43)(H,37,40)(H,38,42)/t22-,23?,26+,27+,34-/m1/s1.